The zero-order chi connectivity index (χ0) is 20.6. The number of benzene rings is 2. The number of imide groups is 1. The molecule has 3 aromatic rings. The minimum Gasteiger partial charge on any atom is -0.458 e. The molecule has 2 heterocycles. The summed E-state index contributed by atoms with van der Waals surface area (Å²) in [7, 11) is 0. The van der Waals surface area contributed by atoms with Gasteiger partial charge in [0.2, 0.25) is 5.91 Å². The first-order valence-corrected chi connectivity index (χ1v) is 8.84. The SMILES string of the molecule is CC1(c2cc3ccccc3o2)NC(=O)N(CC(=O)Nc2cccc(C#N)c2)C1=O. The summed E-state index contributed by atoms with van der Waals surface area (Å²) in [6.07, 6.45) is 0. The summed E-state index contributed by atoms with van der Waals surface area (Å²) >= 11 is 0. The minimum atomic E-state index is -1.41. The van der Waals surface area contributed by atoms with Crippen LogP contribution in [0.2, 0.25) is 0 Å². The van der Waals surface area contributed by atoms with Crippen LogP contribution in [0.15, 0.2) is 59.0 Å². The third-order valence-electron chi connectivity index (χ3n) is 4.77. The highest BCUT2D eigenvalue weighted by atomic mass is 16.3. The standard InChI is InChI=1S/C21H16N4O4/c1-21(17-10-14-6-2-3-8-16(14)29-17)19(27)25(20(28)24-21)12-18(26)23-15-7-4-5-13(9-15)11-22/h2-10H,12H2,1H3,(H,23,26)(H,24,28). The van der Waals surface area contributed by atoms with Gasteiger partial charge in [0.25, 0.3) is 5.91 Å². The number of amides is 4. The van der Waals surface area contributed by atoms with Crippen molar-refractivity contribution in [1.29, 1.82) is 5.26 Å². The van der Waals surface area contributed by atoms with Crippen LogP contribution in [0.5, 0.6) is 0 Å². The van der Waals surface area contributed by atoms with Crippen LogP contribution < -0.4 is 10.6 Å². The molecule has 1 saturated heterocycles. The molecule has 144 valence electrons. The maximum absolute atomic E-state index is 13.0. The predicted octanol–water partition coefficient (Wildman–Crippen LogP) is 2.71. The fraction of sp³-hybridized carbons (Fsp3) is 0.143. The lowest BCUT2D eigenvalue weighted by Gasteiger charge is -2.18. The number of nitriles is 1. The fourth-order valence-corrected chi connectivity index (χ4v) is 3.25. The molecular weight excluding hydrogens is 372 g/mol. The van der Waals surface area contributed by atoms with E-state index >= 15 is 0 Å². The van der Waals surface area contributed by atoms with Crippen molar-refractivity contribution in [2.45, 2.75) is 12.5 Å². The van der Waals surface area contributed by atoms with Crippen LogP contribution in [0, 0.1) is 11.3 Å². The Morgan fingerprint density at radius 1 is 1.21 bits per heavy atom. The molecule has 1 fully saturated rings. The van der Waals surface area contributed by atoms with Crippen LogP contribution >= 0.6 is 0 Å². The van der Waals surface area contributed by atoms with Crippen molar-refractivity contribution in [3.8, 4) is 6.07 Å². The molecule has 0 aliphatic carbocycles. The average Bonchev–Trinajstić information content (AvgIpc) is 3.24. The van der Waals surface area contributed by atoms with Gasteiger partial charge in [-0.05, 0) is 37.3 Å². The summed E-state index contributed by atoms with van der Waals surface area (Å²) in [5.74, 6) is -0.846. The number of nitrogens with zero attached hydrogens (tertiary/aromatic N) is 2. The Morgan fingerprint density at radius 3 is 2.76 bits per heavy atom. The van der Waals surface area contributed by atoms with E-state index in [1.165, 1.54) is 6.07 Å². The van der Waals surface area contributed by atoms with Gasteiger partial charge in [-0.2, -0.15) is 5.26 Å². The van der Waals surface area contributed by atoms with Crippen molar-refractivity contribution in [1.82, 2.24) is 10.2 Å². The van der Waals surface area contributed by atoms with Crippen molar-refractivity contribution >= 4 is 34.5 Å². The normalized spacial score (nSPS) is 18.6. The van der Waals surface area contributed by atoms with Gasteiger partial charge in [0.1, 0.15) is 17.9 Å². The molecule has 1 aromatic heterocycles. The smallest absolute Gasteiger partial charge is 0.325 e. The molecule has 1 unspecified atom stereocenters. The molecular formula is C21H16N4O4. The summed E-state index contributed by atoms with van der Waals surface area (Å²) in [6, 6.07) is 16.6. The first-order chi connectivity index (χ1) is 13.9. The van der Waals surface area contributed by atoms with Crippen LogP contribution in [0.4, 0.5) is 10.5 Å². The molecule has 8 heteroatoms. The molecule has 1 aliphatic rings. The highest BCUT2D eigenvalue weighted by Crippen LogP contribution is 2.32. The van der Waals surface area contributed by atoms with Crippen LogP contribution in [0.3, 0.4) is 0 Å². The maximum atomic E-state index is 13.0. The van der Waals surface area contributed by atoms with Crippen LogP contribution in [-0.2, 0) is 15.1 Å². The van der Waals surface area contributed by atoms with Crippen LogP contribution in [0.25, 0.3) is 11.0 Å². The van der Waals surface area contributed by atoms with Gasteiger partial charge in [-0.15, -0.1) is 0 Å². The Labute approximate surface area is 165 Å². The highest BCUT2D eigenvalue weighted by molar-refractivity contribution is 6.10. The third kappa shape index (κ3) is 3.19. The van der Waals surface area contributed by atoms with E-state index in [1.54, 1.807) is 37.3 Å². The summed E-state index contributed by atoms with van der Waals surface area (Å²) in [5, 5.41) is 14.9. The fourth-order valence-electron chi connectivity index (χ4n) is 3.25. The van der Waals surface area contributed by atoms with E-state index in [-0.39, 0.29) is 0 Å². The van der Waals surface area contributed by atoms with E-state index in [0.29, 0.717) is 22.6 Å². The zero-order valence-corrected chi connectivity index (χ0v) is 15.4. The van der Waals surface area contributed by atoms with E-state index in [2.05, 4.69) is 10.6 Å². The van der Waals surface area contributed by atoms with Crippen molar-refractivity contribution in [2.75, 3.05) is 11.9 Å². The molecule has 0 radical (unpaired) electrons. The van der Waals surface area contributed by atoms with Crippen LogP contribution in [-0.4, -0.2) is 29.3 Å². The predicted molar refractivity (Wildman–Crippen MR) is 104 cm³/mol. The quantitative estimate of drug-likeness (QED) is 0.667. The minimum absolute atomic E-state index is 0.293. The second-order valence-corrected chi connectivity index (χ2v) is 6.84. The lowest BCUT2D eigenvalue weighted by Crippen LogP contribution is -2.41. The molecule has 8 nitrogen and oxygen atoms in total. The van der Waals surface area contributed by atoms with Gasteiger partial charge in [-0.3, -0.25) is 14.5 Å². The summed E-state index contributed by atoms with van der Waals surface area (Å²) in [5.41, 5.74) is -0.0207. The molecule has 0 bridgehead atoms. The van der Waals surface area contributed by atoms with Gasteiger partial charge in [-0.1, -0.05) is 24.3 Å². The van der Waals surface area contributed by atoms with Gasteiger partial charge >= 0.3 is 6.03 Å². The number of anilines is 1. The lowest BCUT2D eigenvalue weighted by molar-refractivity contribution is -0.134. The number of furan rings is 1. The highest BCUT2D eigenvalue weighted by Gasteiger charge is 2.51. The second-order valence-electron chi connectivity index (χ2n) is 6.84. The molecule has 29 heavy (non-hydrogen) atoms. The maximum Gasteiger partial charge on any atom is 0.325 e. The van der Waals surface area contributed by atoms with Gasteiger partial charge in [0.05, 0.1) is 11.6 Å². The monoisotopic (exact) mass is 388 g/mol. The number of carbonyl (C=O) groups is 3. The largest absolute Gasteiger partial charge is 0.458 e. The van der Waals surface area contributed by atoms with Crippen molar-refractivity contribution in [2.24, 2.45) is 0 Å². The number of fused-ring (bicyclic) bond motifs is 1. The Balaban J connectivity index is 1.53. The number of rotatable bonds is 4. The number of nitrogens with one attached hydrogen (secondary N) is 2. The third-order valence-corrected chi connectivity index (χ3v) is 4.77. The Hall–Kier alpha value is -4.12. The van der Waals surface area contributed by atoms with Crippen molar-refractivity contribution < 1.29 is 18.8 Å². The van der Waals surface area contributed by atoms with E-state index in [9.17, 15) is 14.4 Å². The van der Waals surface area contributed by atoms with Gasteiger partial charge < -0.3 is 15.1 Å². The van der Waals surface area contributed by atoms with Gasteiger partial charge in [0.15, 0.2) is 5.54 Å². The van der Waals surface area contributed by atoms with E-state index in [0.717, 1.165) is 10.3 Å². The Morgan fingerprint density at radius 2 is 2.00 bits per heavy atom. The Bertz CT molecular complexity index is 1160. The number of urea groups is 1. The topological polar surface area (TPSA) is 115 Å². The van der Waals surface area contributed by atoms with Crippen LogP contribution in [0.1, 0.15) is 18.2 Å². The number of carbonyl (C=O) groups excluding carboxylic acids is 3. The molecule has 1 aliphatic heterocycles. The lowest BCUT2D eigenvalue weighted by atomic mass is 9.99. The summed E-state index contributed by atoms with van der Waals surface area (Å²) in [6.45, 7) is 1.08. The summed E-state index contributed by atoms with van der Waals surface area (Å²) in [4.78, 5) is 38.6. The molecule has 4 rings (SSSR count). The van der Waals surface area contributed by atoms with Crippen molar-refractivity contribution in [3.63, 3.8) is 0 Å². The first kappa shape index (κ1) is 18.3. The number of hydrogen-bond donors (Lipinski definition) is 2. The van der Waals surface area contributed by atoms with Gasteiger partial charge in [-0.25, -0.2) is 4.79 Å². The molecule has 4 amide bonds. The summed E-state index contributed by atoms with van der Waals surface area (Å²) < 4.78 is 5.75. The molecule has 2 aromatic carbocycles. The van der Waals surface area contributed by atoms with E-state index in [1.807, 2.05) is 24.3 Å². The molecule has 1 atom stereocenters. The molecule has 0 spiro atoms. The number of para-hydroxylation sites is 1. The first-order valence-electron chi connectivity index (χ1n) is 8.84. The molecule has 2 N–H and O–H groups in total. The Kier molecular flexibility index (Phi) is 4.28. The second kappa shape index (κ2) is 6.80. The average molecular weight is 388 g/mol. The van der Waals surface area contributed by atoms with E-state index in [4.69, 9.17) is 9.68 Å². The molecule has 0 saturated carbocycles. The zero-order valence-electron chi connectivity index (χ0n) is 15.4. The van der Waals surface area contributed by atoms with Gasteiger partial charge in [0, 0.05) is 11.1 Å². The number of hydrogen-bond acceptors (Lipinski definition) is 5. The van der Waals surface area contributed by atoms with E-state index < -0.39 is 29.9 Å². The van der Waals surface area contributed by atoms with Crippen molar-refractivity contribution in [3.05, 3.63) is 65.9 Å².